The highest BCUT2D eigenvalue weighted by molar-refractivity contribution is 6.24. The minimum absolute atomic E-state index is 0.0530. The average Bonchev–Trinajstić information content (AvgIpc) is 2.48. The Labute approximate surface area is 125 Å². The zero-order chi connectivity index (χ0) is 16.2. The van der Waals surface area contributed by atoms with Crippen LogP contribution in [0.2, 0.25) is 0 Å². The van der Waals surface area contributed by atoms with Gasteiger partial charge >= 0.3 is 5.97 Å². The van der Waals surface area contributed by atoms with Crippen molar-refractivity contribution in [3.8, 4) is 0 Å². The van der Waals surface area contributed by atoms with Gasteiger partial charge in [-0.3, -0.25) is 14.4 Å². The lowest BCUT2D eigenvalue weighted by molar-refractivity contribution is -0.140. The van der Waals surface area contributed by atoms with Gasteiger partial charge in [0.2, 0.25) is 0 Å². The SMILES string of the molecule is COC(=O)CCC(C)=CCC1=C(C)C(=O)C(C)=C(C)C1=O. The number of hydrogen-bond donors (Lipinski definition) is 0. The van der Waals surface area contributed by atoms with E-state index in [1.807, 2.05) is 13.0 Å². The lowest BCUT2D eigenvalue weighted by atomic mass is 9.84. The number of rotatable bonds is 5. The van der Waals surface area contributed by atoms with Crippen LogP contribution in [-0.4, -0.2) is 24.6 Å². The minimum atomic E-state index is -0.253. The highest BCUT2D eigenvalue weighted by Crippen LogP contribution is 2.26. The second-order valence-corrected chi connectivity index (χ2v) is 5.34. The van der Waals surface area contributed by atoms with Crippen molar-refractivity contribution in [2.24, 2.45) is 0 Å². The van der Waals surface area contributed by atoms with Crippen LogP contribution in [0.15, 0.2) is 33.9 Å². The monoisotopic (exact) mass is 290 g/mol. The molecule has 0 amide bonds. The first-order chi connectivity index (χ1) is 9.79. The molecule has 0 atom stereocenters. The molecule has 0 N–H and O–H groups in total. The molecule has 21 heavy (non-hydrogen) atoms. The van der Waals surface area contributed by atoms with Gasteiger partial charge in [0.25, 0.3) is 0 Å². The molecule has 0 fully saturated rings. The minimum Gasteiger partial charge on any atom is -0.469 e. The van der Waals surface area contributed by atoms with Crippen LogP contribution in [0.1, 0.15) is 47.0 Å². The Kier molecular flexibility index (Phi) is 5.82. The fraction of sp³-hybridized carbons (Fsp3) is 0.471. The first-order valence-corrected chi connectivity index (χ1v) is 6.98. The van der Waals surface area contributed by atoms with Crippen molar-refractivity contribution in [2.45, 2.75) is 47.0 Å². The van der Waals surface area contributed by atoms with Gasteiger partial charge in [0.1, 0.15) is 0 Å². The van der Waals surface area contributed by atoms with Crippen molar-refractivity contribution in [1.29, 1.82) is 0 Å². The summed E-state index contributed by atoms with van der Waals surface area (Å²) in [5.41, 5.74) is 3.15. The van der Waals surface area contributed by atoms with Gasteiger partial charge in [-0.05, 0) is 40.5 Å². The van der Waals surface area contributed by atoms with Gasteiger partial charge in [-0.2, -0.15) is 0 Å². The van der Waals surface area contributed by atoms with Crippen molar-refractivity contribution in [1.82, 2.24) is 0 Å². The van der Waals surface area contributed by atoms with E-state index >= 15 is 0 Å². The maximum Gasteiger partial charge on any atom is 0.305 e. The number of hydrogen-bond acceptors (Lipinski definition) is 4. The van der Waals surface area contributed by atoms with E-state index < -0.39 is 0 Å². The Morgan fingerprint density at radius 3 is 2.14 bits per heavy atom. The summed E-state index contributed by atoms with van der Waals surface area (Å²) in [7, 11) is 1.36. The van der Waals surface area contributed by atoms with Crippen LogP contribution in [-0.2, 0) is 19.1 Å². The van der Waals surface area contributed by atoms with E-state index in [-0.39, 0.29) is 17.5 Å². The van der Waals surface area contributed by atoms with Crippen LogP contribution in [0.3, 0.4) is 0 Å². The summed E-state index contributed by atoms with van der Waals surface area (Å²) in [6.45, 7) is 6.98. The van der Waals surface area contributed by atoms with Crippen LogP contribution in [0, 0.1) is 0 Å². The van der Waals surface area contributed by atoms with Crippen molar-refractivity contribution in [2.75, 3.05) is 7.11 Å². The van der Waals surface area contributed by atoms with Gasteiger partial charge in [-0.1, -0.05) is 11.6 Å². The molecule has 1 rings (SSSR count). The summed E-state index contributed by atoms with van der Waals surface area (Å²) < 4.78 is 4.59. The molecule has 0 aliphatic heterocycles. The molecule has 114 valence electrons. The zero-order valence-corrected chi connectivity index (χ0v) is 13.3. The van der Waals surface area contributed by atoms with E-state index in [1.54, 1.807) is 20.8 Å². The average molecular weight is 290 g/mol. The third-order valence-electron chi connectivity index (χ3n) is 3.92. The number of ketones is 2. The lowest BCUT2D eigenvalue weighted by Crippen LogP contribution is -2.20. The van der Waals surface area contributed by atoms with Crippen molar-refractivity contribution < 1.29 is 19.1 Å². The molecule has 0 saturated carbocycles. The molecule has 0 saturated heterocycles. The Hall–Kier alpha value is -1.97. The standard InChI is InChI=1S/C17H22O4/c1-10(7-9-15(18)21-5)6-8-14-13(4)16(19)11(2)12(3)17(14)20/h6H,7-9H2,1-5H3. The fourth-order valence-corrected chi connectivity index (χ4v) is 2.18. The number of Topliss-reactive ketones (excluding diaryl/α,β-unsaturated/α-hetero) is 2. The van der Waals surface area contributed by atoms with E-state index in [4.69, 9.17) is 0 Å². The largest absolute Gasteiger partial charge is 0.469 e. The number of allylic oxidation sites excluding steroid dienone is 6. The van der Waals surface area contributed by atoms with Gasteiger partial charge in [0.15, 0.2) is 11.6 Å². The molecule has 4 heteroatoms. The quantitative estimate of drug-likeness (QED) is 0.443. The summed E-state index contributed by atoms with van der Waals surface area (Å²) in [5.74, 6) is -0.360. The Balaban J connectivity index is 2.81. The molecule has 0 bridgehead atoms. The molecule has 1 aliphatic rings. The van der Waals surface area contributed by atoms with Gasteiger partial charge in [0.05, 0.1) is 7.11 Å². The highest BCUT2D eigenvalue weighted by Gasteiger charge is 2.26. The Morgan fingerprint density at radius 2 is 1.57 bits per heavy atom. The summed E-state index contributed by atoms with van der Waals surface area (Å²) in [5, 5.41) is 0. The smallest absolute Gasteiger partial charge is 0.305 e. The highest BCUT2D eigenvalue weighted by atomic mass is 16.5. The van der Waals surface area contributed by atoms with E-state index in [9.17, 15) is 14.4 Å². The van der Waals surface area contributed by atoms with Gasteiger partial charge in [-0.15, -0.1) is 0 Å². The molecule has 0 aromatic rings. The maximum atomic E-state index is 12.2. The summed E-state index contributed by atoms with van der Waals surface area (Å²) >= 11 is 0. The van der Waals surface area contributed by atoms with E-state index in [0.29, 0.717) is 41.6 Å². The second-order valence-electron chi connectivity index (χ2n) is 5.34. The van der Waals surface area contributed by atoms with Crippen LogP contribution in [0.25, 0.3) is 0 Å². The first kappa shape index (κ1) is 17.1. The van der Waals surface area contributed by atoms with Crippen molar-refractivity contribution in [3.05, 3.63) is 33.9 Å². The van der Waals surface area contributed by atoms with Gasteiger partial charge < -0.3 is 4.74 Å². The van der Waals surface area contributed by atoms with Crippen LogP contribution in [0.5, 0.6) is 0 Å². The van der Waals surface area contributed by atoms with Crippen molar-refractivity contribution >= 4 is 17.5 Å². The Bertz CT molecular complexity index is 574. The zero-order valence-electron chi connectivity index (χ0n) is 13.3. The molecule has 1 aliphatic carbocycles. The fourth-order valence-electron chi connectivity index (χ4n) is 2.18. The van der Waals surface area contributed by atoms with E-state index in [1.165, 1.54) is 7.11 Å². The molecular formula is C17H22O4. The number of ether oxygens (including phenoxy) is 1. The summed E-state index contributed by atoms with van der Waals surface area (Å²) in [6, 6.07) is 0. The molecule has 0 aromatic carbocycles. The first-order valence-electron chi connectivity index (χ1n) is 6.98. The predicted octanol–water partition coefficient (Wildman–Crippen LogP) is 3.08. The van der Waals surface area contributed by atoms with Gasteiger partial charge in [0, 0.05) is 28.7 Å². The molecule has 0 radical (unpaired) electrons. The predicted molar refractivity (Wildman–Crippen MR) is 80.7 cm³/mol. The normalized spacial score (nSPS) is 16.7. The molecule has 4 nitrogen and oxygen atoms in total. The van der Waals surface area contributed by atoms with Crippen molar-refractivity contribution in [3.63, 3.8) is 0 Å². The number of carbonyl (C=O) groups excluding carboxylic acids is 3. The van der Waals surface area contributed by atoms with E-state index in [2.05, 4.69) is 4.74 Å². The van der Waals surface area contributed by atoms with E-state index in [0.717, 1.165) is 5.57 Å². The summed E-state index contributed by atoms with van der Waals surface area (Å²) in [4.78, 5) is 35.4. The van der Waals surface area contributed by atoms with Crippen LogP contribution >= 0.6 is 0 Å². The number of esters is 1. The maximum absolute atomic E-state index is 12.2. The third kappa shape index (κ3) is 4.00. The number of methoxy groups -OCH3 is 1. The summed E-state index contributed by atoms with van der Waals surface area (Å²) in [6.07, 6.45) is 3.24. The molecule has 0 aromatic heterocycles. The molecule has 0 unspecified atom stereocenters. The molecule has 0 spiro atoms. The molecule has 0 heterocycles. The Morgan fingerprint density at radius 1 is 1.00 bits per heavy atom. The van der Waals surface area contributed by atoms with Gasteiger partial charge in [-0.25, -0.2) is 0 Å². The topological polar surface area (TPSA) is 60.4 Å². The second kappa shape index (κ2) is 7.16. The van der Waals surface area contributed by atoms with Crippen LogP contribution in [0.4, 0.5) is 0 Å². The third-order valence-corrected chi connectivity index (χ3v) is 3.92. The lowest BCUT2D eigenvalue weighted by Gasteiger charge is -2.17. The molecular weight excluding hydrogens is 268 g/mol. The van der Waals surface area contributed by atoms with Crippen LogP contribution < -0.4 is 0 Å². The number of carbonyl (C=O) groups is 3.